The molecular weight excluding hydrogens is 444 g/mol. The lowest BCUT2D eigenvalue weighted by molar-refractivity contribution is 0.0740. The minimum absolute atomic E-state index is 0.118. The Labute approximate surface area is 205 Å². The van der Waals surface area contributed by atoms with Crippen LogP contribution in [0.1, 0.15) is 41.7 Å². The summed E-state index contributed by atoms with van der Waals surface area (Å²) in [6.45, 7) is 6.10. The molecule has 8 heteroatoms. The largest absolute Gasteiger partial charge is 0.491 e. The summed E-state index contributed by atoms with van der Waals surface area (Å²) < 4.78 is 12.3. The van der Waals surface area contributed by atoms with E-state index in [0.29, 0.717) is 55.2 Å². The molecule has 0 bridgehead atoms. The predicted molar refractivity (Wildman–Crippen MR) is 136 cm³/mol. The first-order valence-corrected chi connectivity index (χ1v) is 12.4. The third kappa shape index (κ3) is 4.75. The van der Waals surface area contributed by atoms with E-state index in [-0.39, 0.29) is 11.5 Å². The van der Waals surface area contributed by atoms with Crippen molar-refractivity contribution in [1.82, 2.24) is 14.7 Å². The van der Waals surface area contributed by atoms with Crippen molar-refractivity contribution >= 4 is 22.4 Å². The topological polar surface area (TPSA) is 76.9 Å². The number of ether oxygens (including phenoxy) is 2. The molecule has 0 radical (unpaired) electrons. The summed E-state index contributed by atoms with van der Waals surface area (Å²) in [6.07, 6.45) is 2.41. The Kier molecular flexibility index (Phi) is 6.72. The van der Waals surface area contributed by atoms with Crippen molar-refractivity contribution in [3.8, 4) is 5.75 Å². The van der Waals surface area contributed by atoms with Gasteiger partial charge in [0.05, 0.1) is 12.0 Å². The Hall–Kier alpha value is -3.39. The van der Waals surface area contributed by atoms with E-state index in [1.807, 2.05) is 36.1 Å². The molecule has 2 aromatic carbocycles. The molecule has 5 rings (SSSR count). The van der Waals surface area contributed by atoms with Gasteiger partial charge in [-0.1, -0.05) is 18.2 Å². The zero-order chi connectivity index (χ0) is 24.4. The molecule has 0 spiro atoms. The molecule has 3 aromatic rings. The number of nitrogens with zero attached hydrogens (tertiary/aromatic N) is 4. The fourth-order valence-corrected chi connectivity index (χ4v) is 4.78. The van der Waals surface area contributed by atoms with Crippen LogP contribution in [-0.4, -0.2) is 67.1 Å². The summed E-state index contributed by atoms with van der Waals surface area (Å²) in [5, 5.41) is 5.59. The van der Waals surface area contributed by atoms with Crippen molar-refractivity contribution in [3.05, 3.63) is 64.1 Å². The predicted octanol–water partition coefficient (Wildman–Crippen LogP) is 3.28. The van der Waals surface area contributed by atoms with Crippen LogP contribution in [0.4, 0.5) is 5.69 Å². The van der Waals surface area contributed by atoms with Crippen molar-refractivity contribution in [1.29, 1.82) is 0 Å². The standard InChI is InChI=1S/C27H32N4O4/c1-3-31-26(32)22-7-5-4-6-21(22)25(28-31)27(33)30-14-12-29(13-15-30)24-11-10-20(35-17-16-34-2)18-23(24)19-8-9-19/h4-7,10-11,18-19H,3,8-9,12-17H2,1-2H3. The van der Waals surface area contributed by atoms with Crippen LogP contribution in [0, 0.1) is 0 Å². The maximum atomic E-state index is 13.5. The highest BCUT2D eigenvalue weighted by Crippen LogP contribution is 2.45. The number of benzene rings is 2. The summed E-state index contributed by atoms with van der Waals surface area (Å²) in [5.41, 5.74) is 2.77. The van der Waals surface area contributed by atoms with Crippen molar-refractivity contribution < 1.29 is 14.3 Å². The van der Waals surface area contributed by atoms with E-state index in [9.17, 15) is 9.59 Å². The average Bonchev–Trinajstić information content (AvgIpc) is 3.75. The number of methoxy groups -OCH3 is 1. The van der Waals surface area contributed by atoms with Gasteiger partial charge >= 0.3 is 0 Å². The highest BCUT2D eigenvalue weighted by molar-refractivity contribution is 6.04. The van der Waals surface area contributed by atoms with Gasteiger partial charge in [0, 0.05) is 50.9 Å². The molecule has 35 heavy (non-hydrogen) atoms. The zero-order valence-corrected chi connectivity index (χ0v) is 20.4. The number of amides is 1. The lowest BCUT2D eigenvalue weighted by atomic mass is 10.1. The first-order chi connectivity index (χ1) is 17.1. The molecule has 0 atom stereocenters. The molecule has 1 saturated heterocycles. The Morgan fingerprint density at radius 3 is 2.46 bits per heavy atom. The number of fused-ring (bicyclic) bond motifs is 1. The lowest BCUT2D eigenvalue weighted by Gasteiger charge is -2.37. The molecule has 2 fully saturated rings. The van der Waals surface area contributed by atoms with E-state index in [0.717, 1.165) is 18.8 Å². The van der Waals surface area contributed by atoms with Gasteiger partial charge in [-0.2, -0.15) is 5.10 Å². The highest BCUT2D eigenvalue weighted by atomic mass is 16.5. The fourth-order valence-electron chi connectivity index (χ4n) is 4.78. The van der Waals surface area contributed by atoms with Crippen LogP contribution in [0.3, 0.4) is 0 Å². The summed E-state index contributed by atoms with van der Waals surface area (Å²) in [6, 6.07) is 13.6. The number of anilines is 1. The molecule has 1 aliphatic heterocycles. The van der Waals surface area contributed by atoms with Crippen LogP contribution in [-0.2, 0) is 11.3 Å². The number of carbonyl (C=O) groups is 1. The van der Waals surface area contributed by atoms with Gasteiger partial charge in [0.15, 0.2) is 5.69 Å². The van der Waals surface area contributed by atoms with Crippen molar-refractivity contribution in [2.45, 2.75) is 32.2 Å². The highest BCUT2D eigenvalue weighted by Gasteiger charge is 2.31. The number of hydrogen-bond donors (Lipinski definition) is 0. The lowest BCUT2D eigenvalue weighted by Crippen LogP contribution is -2.49. The molecule has 1 aromatic heterocycles. The average molecular weight is 477 g/mol. The third-order valence-electron chi connectivity index (χ3n) is 6.85. The normalized spacial score (nSPS) is 16.1. The van der Waals surface area contributed by atoms with Crippen molar-refractivity contribution in [3.63, 3.8) is 0 Å². The molecule has 0 N–H and O–H groups in total. The second-order valence-corrected chi connectivity index (χ2v) is 9.13. The summed E-state index contributed by atoms with van der Waals surface area (Å²) >= 11 is 0. The van der Waals surface area contributed by atoms with Gasteiger partial charge in [0.2, 0.25) is 0 Å². The number of aromatic nitrogens is 2. The van der Waals surface area contributed by atoms with Gasteiger partial charge in [-0.05, 0) is 55.5 Å². The Morgan fingerprint density at radius 2 is 1.77 bits per heavy atom. The monoisotopic (exact) mass is 476 g/mol. The summed E-state index contributed by atoms with van der Waals surface area (Å²) in [7, 11) is 1.67. The minimum Gasteiger partial charge on any atom is -0.491 e. The summed E-state index contributed by atoms with van der Waals surface area (Å²) in [4.78, 5) is 30.4. The second kappa shape index (κ2) is 10.1. The first kappa shape index (κ1) is 23.4. The van der Waals surface area contributed by atoms with Crippen LogP contribution in [0.2, 0.25) is 0 Å². The molecule has 1 amide bonds. The van der Waals surface area contributed by atoms with Crippen LogP contribution >= 0.6 is 0 Å². The van der Waals surface area contributed by atoms with E-state index < -0.39 is 0 Å². The summed E-state index contributed by atoms with van der Waals surface area (Å²) in [5.74, 6) is 1.35. The molecular formula is C27H32N4O4. The minimum atomic E-state index is -0.160. The van der Waals surface area contributed by atoms with E-state index in [1.54, 1.807) is 13.2 Å². The second-order valence-electron chi connectivity index (χ2n) is 9.13. The van der Waals surface area contributed by atoms with Gasteiger partial charge < -0.3 is 19.3 Å². The zero-order valence-electron chi connectivity index (χ0n) is 20.4. The third-order valence-corrected chi connectivity index (χ3v) is 6.85. The van der Waals surface area contributed by atoms with Gasteiger partial charge in [-0.25, -0.2) is 4.68 Å². The molecule has 8 nitrogen and oxygen atoms in total. The number of aryl methyl sites for hydroxylation is 1. The van der Waals surface area contributed by atoms with Crippen LogP contribution in [0.25, 0.3) is 10.8 Å². The Bertz CT molecular complexity index is 1280. The maximum Gasteiger partial charge on any atom is 0.275 e. The first-order valence-electron chi connectivity index (χ1n) is 12.4. The van der Waals surface area contributed by atoms with E-state index >= 15 is 0 Å². The Balaban J connectivity index is 1.33. The number of hydrogen-bond acceptors (Lipinski definition) is 6. The van der Waals surface area contributed by atoms with Gasteiger partial charge in [0.25, 0.3) is 11.5 Å². The molecule has 184 valence electrons. The molecule has 0 unspecified atom stereocenters. The Morgan fingerprint density at radius 1 is 1.03 bits per heavy atom. The number of carbonyl (C=O) groups excluding carboxylic acids is 1. The molecule has 1 saturated carbocycles. The SMILES string of the molecule is CCn1nc(C(=O)N2CCN(c3ccc(OCCOC)cc3C3CC3)CC2)c2ccccc2c1=O. The number of piperazine rings is 1. The van der Waals surface area contributed by atoms with Crippen LogP contribution in [0.5, 0.6) is 5.75 Å². The quantitative estimate of drug-likeness (QED) is 0.465. The maximum absolute atomic E-state index is 13.5. The van der Waals surface area contributed by atoms with Gasteiger partial charge in [0.1, 0.15) is 12.4 Å². The van der Waals surface area contributed by atoms with E-state index in [1.165, 1.54) is 28.8 Å². The number of rotatable bonds is 8. The molecule has 1 aliphatic carbocycles. The van der Waals surface area contributed by atoms with Crippen molar-refractivity contribution in [2.24, 2.45) is 0 Å². The smallest absolute Gasteiger partial charge is 0.275 e. The van der Waals surface area contributed by atoms with E-state index in [4.69, 9.17) is 9.47 Å². The van der Waals surface area contributed by atoms with Crippen LogP contribution in [0.15, 0.2) is 47.3 Å². The van der Waals surface area contributed by atoms with Gasteiger partial charge in [-0.15, -0.1) is 0 Å². The van der Waals surface area contributed by atoms with Gasteiger partial charge in [-0.3, -0.25) is 9.59 Å². The molecule has 2 aliphatic rings. The molecule has 2 heterocycles. The fraction of sp³-hybridized carbons (Fsp3) is 0.444. The van der Waals surface area contributed by atoms with Crippen LogP contribution < -0.4 is 15.2 Å². The van der Waals surface area contributed by atoms with Crippen molar-refractivity contribution in [2.75, 3.05) is 51.4 Å². The van der Waals surface area contributed by atoms with E-state index in [2.05, 4.69) is 22.1 Å².